The standard InChI is InChI=1S/C20H33N3O5S/c1-16-8-5-6-10-19(16)28-15-20(24)23-11-7-9-17(18(23)14-27-4)21-29(25,26)13-12-22(2)3/h5-6,8,10,17-18,21H,7,9,11-15H2,1-4H3/t17?,18-/m0/s1. The van der Waals surface area contributed by atoms with Gasteiger partial charge in [0.15, 0.2) is 6.61 Å². The molecule has 1 aromatic rings. The number of sulfonamides is 1. The highest BCUT2D eigenvalue weighted by atomic mass is 32.2. The van der Waals surface area contributed by atoms with Crippen LogP contribution in [0.5, 0.6) is 5.75 Å². The van der Waals surface area contributed by atoms with Crippen molar-refractivity contribution < 1.29 is 22.7 Å². The quantitative estimate of drug-likeness (QED) is 0.596. The molecule has 1 amide bonds. The van der Waals surface area contributed by atoms with Crippen LogP contribution in [0.2, 0.25) is 0 Å². The zero-order chi connectivity index (χ0) is 21.4. The van der Waals surface area contributed by atoms with Gasteiger partial charge < -0.3 is 19.3 Å². The molecule has 0 aliphatic carbocycles. The van der Waals surface area contributed by atoms with Crippen LogP contribution in [0.25, 0.3) is 0 Å². The Hall–Kier alpha value is -1.68. The summed E-state index contributed by atoms with van der Waals surface area (Å²) >= 11 is 0. The molecule has 1 aliphatic rings. The highest BCUT2D eigenvalue weighted by Gasteiger charge is 2.36. The lowest BCUT2D eigenvalue weighted by Gasteiger charge is -2.41. The van der Waals surface area contributed by atoms with Crippen molar-refractivity contribution in [3.8, 4) is 5.75 Å². The minimum atomic E-state index is -3.45. The lowest BCUT2D eigenvalue weighted by molar-refractivity contribution is -0.139. The van der Waals surface area contributed by atoms with E-state index in [0.29, 0.717) is 25.3 Å². The van der Waals surface area contributed by atoms with Crippen molar-refractivity contribution in [1.29, 1.82) is 0 Å². The first kappa shape index (κ1) is 23.6. The van der Waals surface area contributed by atoms with Gasteiger partial charge in [0, 0.05) is 26.2 Å². The number of benzene rings is 1. The number of carbonyl (C=O) groups is 1. The van der Waals surface area contributed by atoms with Crippen molar-refractivity contribution in [2.24, 2.45) is 0 Å². The third kappa shape index (κ3) is 7.26. The minimum Gasteiger partial charge on any atom is -0.484 e. The van der Waals surface area contributed by atoms with Crippen LogP contribution in [0.4, 0.5) is 0 Å². The monoisotopic (exact) mass is 427 g/mol. The van der Waals surface area contributed by atoms with Crippen LogP contribution in [-0.2, 0) is 19.6 Å². The van der Waals surface area contributed by atoms with Crippen LogP contribution in [0.3, 0.4) is 0 Å². The van der Waals surface area contributed by atoms with E-state index in [9.17, 15) is 13.2 Å². The van der Waals surface area contributed by atoms with Gasteiger partial charge in [0.1, 0.15) is 5.75 Å². The average molecular weight is 428 g/mol. The second-order valence-electron chi connectivity index (χ2n) is 7.65. The van der Waals surface area contributed by atoms with Crippen molar-refractivity contribution in [1.82, 2.24) is 14.5 Å². The molecule has 2 rings (SSSR count). The first-order chi connectivity index (χ1) is 13.7. The maximum absolute atomic E-state index is 12.9. The molecule has 0 spiro atoms. The Morgan fingerprint density at radius 1 is 1.31 bits per heavy atom. The normalized spacial score (nSPS) is 20.1. The van der Waals surface area contributed by atoms with E-state index in [0.717, 1.165) is 12.0 Å². The number of hydrogen-bond acceptors (Lipinski definition) is 6. The van der Waals surface area contributed by atoms with Gasteiger partial charge in [-0.1, -0.05) is 18.2 Å². The van der Waals surface area contributed by atoms with Crippen molar-refractivity contribution in [3.05, 3.63) is 29.8 Å². The fourth-order valence-corrected chi connectivity index (χ4v) is 4.87. The van der Waals surface area contributed by atoms with E-state index in [-0.39, 0.29) is 37.0 Å². The molecule has 1 aromatic carbocycles. The van der Waals surface area contributed by atoms with Crippen LogP contribution in [0.15, 0.2) is 24.3 Å². The molecule has 164 valence electrons. The number of nitrogens with one attached hydrogen (secondary N) is 1. The van der Waals surface area contributed by atoms with Gasteiger partial charge >= 0.3 is 0 Å². The number of methoxy groups -OCH3 is 1. The number of amides is 1. The molecule has 0 saturated carbocycles. The fourth-order valence-electron chi connectivity index (χ4n) is 3.41. The van der Waals surface area contributed by atoms with Gasteiger partial charge in [-0.3, -0.25) is 4.79 Å². The van der Waals surface area contributed by atoms with E-state index >= 15 is 0 Å². The molecule has 1 heterocycles. The number of rotatable bonds is 10. The Bertz CT molecular complexity index is 769. The molecule has 1 fully saturated rings. The summed E-state index contributed by atoms with van der Waals surface area (Å²) in [4.78, 5) is 16.4. The Labute approximate surface area is 174 Å². The van der Waals surface area contributed by atoms with E-state index in [1.165, 1.54) is 0 Å². The Morgan fingerprint density at radius 3 is 2.69 bits per heavy atom. The zero-order valence-electron chi connectivity index (χ0n) is 17.8. The van der Waals surface area contributed by atoms with Crippen LogP contribution in [0, 0.1) is 6.92 Å². The van der Waals surface area contributed by atoms with Crippen molar-refractivity contribution in [2.45, 2.75) is 31.8 Å². The maximum Gasteiger partial charge on any atom is 0.260 e. The lowest BCUT2D eigenvalue weighted by atomic mass is 9.97. The molecule has 29 heavy (non-hydrogen) atoms. The molecule has 0 aromatic heterocycles. The van der Waals surface area contributed by atoms with Gasteiger partial charge in [0.2, 0.25) is 10.0 Å². The van der Waals surface area contributed by atoms with Crippen LogP contribution >= 0.6 is 0 Å². The second-order valence-corrected chi connectivity index (χ2v) is 9.53. The largest absolute Gasteiger partial charge is 0.484 e. The average Bonchev–Trinajstić information content (AvgIpc) is 2.67. The van der Waals surface area contributed by atoms with Gasteiger partial charge in [-0.15, -0.1) is 0 Å². The molecule has 1 N–H and O–H groups in total. The molecule has 0 bridgehead atoms. The summed E-state index contributed by atoms with van der Waals surface area (Å²) in [5.74, 6) is 0.509. The van der Waals surface area contributed by atoms with Gasteiger partial charge in [0.05, 0.1) is 18.4 Å². The summed E-state index contributed by atoms with van der Waals surface area (Å²) in [6, 6.07) is 6.78. The van der Waals surface area contributed by atoms with E-state index in [2.05, 4.69) is 4.72 Å². The summed E-state index contributed by atoms with van der Waals surface area (Å²) in [5.41, 5.74) is 0.957. The summed E-state index contributed by atoms with van der Waals surface area (Å²) in [7, 11) is 1.76. The van der Waals surface area contributed by atoms with Crippen molar-refractivity contribution in [2.75, 3.05) is 53.3 Å². The molecule has 8 nitrogen and oxygen atoms in total. The summed E-state index contributed by atoms with van der Waals surface area (Å²) in [6.45, 7) is 3.08. The second kappa shape index (κ2) is 10.9. The topological polar surface area (TPSA) is 88.2 Å². The van der Waals surface area contributed by atoms with Crippen LogP contribution in [-0.4, -0.2) is 89.5 Å². The molecule has 1 unspecified atom stereocenters. The number of para-hydroxylation sites is 1. The lowest BCUT2D eigenvalue weighted by Crippen LogP contribution is -2.59. The number of carbonyl (C=O) groups excluding carboxylic acids is 1. The number of nitrogens with zero attached hydrogens (tertiary/aromatic N) is 2. The summed E-state index contributed by atoms with van der Waals surface area (Å²) in [5, 5.41) is 0. The van der Waals surface area contributed by atoms with Crippen LogP contribution < -0.4 is 9.46 Å². The molecule has 0 radical (unpaired) electrons. The number of piperidine rings is 1. The van der Waals surface area contributed by atoms with Gasteiger partial charge in [0.25, 0.3) is 5.91 Å². The van der Waals surface area contributed by atoms with Gasteiger partial charge in [-0.25, -0.2) is 13.1 Å². The predicted octanol–water partition coefficient (Wildman–Crippen LogP) is 0.861. The van der Waals surface area contributed by atoms with Gasteiger partial charge in [-0.2, -0.15) is 0 Å². The first-order valence-corrected chi connectivity index (χ1v) is 11.5. The molecule has 2 atom stereocenters. The Balaban J connectivity index is 2.04. The first-order valence-electron chi connectivity index (χ1n) is 9.85. The Kier molecular flexibility index (Phi) is 8.88. The SMILES string of the molecule is COC[C@H]1C(NS(=O)(=O)CCN(C)C)CCCN1C(=O)COc1ccccc1C. The van der Waals surface area contributed by atoms with E-state index in [1.807, 2.05) is 50.2 Å². The maximum atomic E-state index is 12.9. The summed E-state index contributed by atoms with van der Waals surface area (Å²) in [6.07, 6.45) is 1.38. The third-order valence-electron chi connectivity index (χ3n) is 5.02. The predicted molar refractivity (Wildman–Crippen MR) is 113 cm³/mol. The molecule has 1 aliphatic heterocycles. The molecular formula is C20H33N3O5S. The summed E-state index contributed by atoms with van der Waals surface area (Å²) < 4.78 is 38.7. The number of aryl methyl sites for hydroxylation is 1. The van der Waals surface area contributed by atoms with E-state index in [1.54, 1.807) is 12.0 Å². The Morgan fingerprint density at radius 2 is 2.03 bits per heavy atom. The highest BCUT2D eigenvalue weighted by Crippen LogP contribution is 2.21. The highest BCUT2D eigenvalue weighted by molar-refractivity contribution is 7.89. The zero-order valence-corrected chi connectivity index (χ0v) is 18.6. The van der Waals surface area contributed by atoms with Crippen molar-refractivity contribution in [3.63, 3.8) is 0 Å². The minimum absolute atomic E-state index is 0.0144. The smallest absolute Gasteiger partial charge is 0.260 e. The number of ether oxygens (including phenoxy) is 2. The van der Waals surface area contributed by atoms with Crippen LogP contribution in [0.1, 0.15) is 18.4 Å². The van der Waals surface area contributed by atoms with E-state index < -0.39 is 10.0 Å². The molecule has 1 saturated heterocycles. The molecule has 9 heteroatoms. The number of likely N-dealkylation sites (tertiary alicyclic amines) is 1. The fraction of sp³-hybridized carbons (Fsp3) is 0.650. The number of hydrogen-bond donors (Lipinski definition) is 1. The third-order valence-corrected chi connectivity index (χ3v) is 6.40. The van der Waals surface area contributed by atoms with E-state index in [4.69, 9.17) is 9.47 Å². The molecular weight excluding hydrogens is 394 g/mol. The van der Waals surface area contributed by atoms with Gasteiger partial charge in [-0.05, 0) is 45.5 Å². The van der Waals surface area contributed by atoms with Crippen molar-refractivity contribution >= 4 is 15.9 Å².